The molecule has 0 atom stereocenters. The summed E-state index contributed by atoms with van der Waals surface area (Å²) in [6.45, 7) is 1.93. The topological polar surface area (TPSA) is 43.4 Å². The Morgan fingerprint density at radius 3 is 2.44 bits per heavy atom. The molecule has 1 aromatic heterocycles. The van der Waals surface area contributed by atoms with Crippen LogP contribution in [0.1, 0.15) is 12.7 Å². The summed E-state index contributed by atoms with van der Waals surface area (Å²) in [5.41, 5.74) is 0. The van der Waals surface area contributed by atoms with Gasteiger partial charge >= 0.3 is 67.9 Å². The van der Waals surface area contributed by atoms with Crippen molar-refractivity contribution in [3.05, 3.63) is 16.4 Å². The van der Waals surface area contributed by atoms with E-state index in [0.29, 0.717) is 26.1 Å². The van der Waals surface area contributed by atoms with Crippen LogP contribution in [0.5, 0.6) is 0 Å². The zero-order valence-electron chi connectivity index (χ0n) is 5.14. The quantitative estimate of drug-likeness (QED) is 0.684. The Morgan fingerprint density at radius 2 is 2.22 bits per heavy atom. The summed E-state index contributed by atoms with van der Waals surface area (Å²) in [5.74, 6) is 0.167. The van der Waals surface area contributed by atoms with Crippen molar-refractivity contribution in [1.82, 2.24) is 0 Å². The van der Waals surface area contributed by atoms with Gasteiger partial charge in [-0.05, 0) is 0 Å². The zero-order chi connectivity index (χ0) is 6.85. The average molecular weight is 314 g/mol. The van der Waals surface area contributed by atoms with Gasteiger partial charge in [0.25, 0.3) is 0 Å². The first kappa shape index (κ1) is 7.06. The standard InChI is InChI=1S/C5H5O3.Hg/c1-2-4-3-7-5(6)8-4;/h2H2,1H3;. The van der Waals surface area contributed by atoms with Crippen LogP contribution >= 0.6 is 0 Å². The molecule has 3 nitrogen and oxygen atoms in total. The Hall–Kier alpha value is -0.0549. The molecular weight excluding hydrogens is 309 g/mol. The van der Waals surface area contributed by atoms with Gasteiger partial charge in [-0.25, -0.2) is 0 Å². The molecule has 0 aromatic carbocycles. The molecule has 0 aliphatic carbocycles. The van der Waals surface area contributed by atoms with Gasteiger partial charge in [0.2, 0.25) is 0 Å². The Kier molecular flexibility index (Phi) is 2.11. The third-order valence-corrected chi connectivity index (χ3v) is 3.14. The fourth-order valence-electron chi connectivity index (χ4n) is 0.605. The van der Waals surface area contributed by atoms with Gasteiger partial charge in [-0.15, -0.1) is 0 Å². The Bertz CT molecular complexity index is 247. The van der Waals surface area contributed by atoms with E-state index >= 15 is 0 Å². The van der Waals surface area contributed by atoms with E-state index in [1.54, 1.807) is 0 Å². The summed E-state index contributed by atoms with van der Waals surface area (Å²) in [7, 11) is 0. The first-order valence-electron chi connectivity index (χ1n) is 2.68. The molecule has 45 valence electrons. The minimum atomic E-state index is -0.558. The molecular formula is C5H5HgO3. The summed E-state index contributed by atoms with van der Waals surface area (Å²) in [6, 6.07) is 0. The zero-order valence-corrected chi connectivity index (χ0v) is 10.6. The fraction of sp³-hybridized carbons (Fsp3) is 0.400. The molecule has 4 heteroatoms. The molecule has 0 radical (unpaired) electrons. The van der Waals surface area contributed by atoms with Gasteiger partial charge in [0.05, 0.1) is 0 Å². The second-order valence-electron chi connectivity index (χ2n) is 1.65. The maximum atomic E-state index is 10.4. The van der Waals surface area contributed by atoms with Crippen molar-refractivity contribution < 1.29 is 35.0 Å². The van der Waals surface area contributed by atoms with E-state index in [9.17, 15) is 4.79 Å². The number of aryl methyl sites for hydroxylation is 1. The molecule has 0 aliphatic rings. The predicted molar refractivity (Wildman–Crippen MR) is 26.3 cm³/mol. The summed E-state index contributed by atoms with van der Waals surface area (Å²) in [4.78, 5) is 10.4. The normalized spacial score (nSPS) is 10.1. The molecule has 0 spiro atoms. The van der Waals surface area contributed by atoms with Gasteiger partial charge in [0.1, 0.15) is 0 Å². The van der Waals surface area contributed by atoms with Crippen molar-refractivity contribution in [2.24, 2.45) is 0 Å². The third kappa shape index (κ3) is 1.44. The van der Waals surface area contributed by atoms with E-state index in [4.69, 9.17) is 0 Å². The van der Waals surface area contributed by atoms with E-state index in [2.05, 4.69) is 8.83 Å². The minimum absolute atomic E-state index is 0.359. The summed E-state index contributed by atoms with van der Waals surface area (Å²) >= 11 is 0.359. The van der Waals surface area contributed by atoms with Crippen LogP contribution in [0.25, 0.3) is 0 Å². The summed E-state index contributed by atoms with van der Waals surface area (Å²) in [5, 5.41) is 0. The van der Waals surface area contributed by atoms with Crippen LogP contribution in [0, 0.1) is 0 Å². The van der Waals surface area contributed by atoms with Crippen LogP contribution in [-0.2, 0) is 32.5 Å². The van der Waals surface area contributed by atoms with Gasteiger partial charge in [0.15, 0.2) is 0 Å². The van der Waals surface area contributed by atoms with E-state index in [-0.39, 0.29) is 0 Å². The van der Waals surface area contributed by atoms with Crippen LogP contribution in [-0.4, -0.2) is 0 Å². The Balaban J connectivity index is 3.16. The first-order chi connectivity index (χ1) is 4.24. The number of hydrogen-bond donors (Lipinski definition) is 0. The molecule has 0 amide bonds. The molecule has 0 fully saturated rings. The van der Waals surface area contributed by atoms with E-state index in [1.807, 2.05) is 6.92 Å². The van der Waals surface area contributed by atoms with Gasteiger partial charge in [-0.3, -0.25) is 0 Å². The van der Waals surface area contributed by atoms with Crippen LogP contribution in [0.4, 0.5) is 0 Å². The molecule has 0 saturated heterocycles. The van der Waals surface area contributed by atoms with E-state index in [1.165, 1.54) is 0 Å². The van der Waals surface area contributed by atoms with Crippen molar-refractivity contribution in [3.63, 3.8) is 0 Å². The van der Waals surface area contributed by atoms with Crippen molar-refractivity contribution in [1.29, 1.82) is 0 Å². The van der Waals surface area contributed by atoms with E-state index < -0.39 is 5.82 Å². The van der Waals surface area contributed by atoms with Gasteiger partial charge in [0, 0.05) is 0 Å². The van der Waals surface area contributed by atoms with Crippen molar-refractivity contribution >= 4 is 3.27 Å². The van der Waals surface area contributed by atoms with E-state index in [0.717, 1.165) is 15.5 Å². The molecule has 0 aliphatic heterocycles. The van der Waals surface area contributed by atoms with Crippen molar-refractivity contribution in [2.75, 3.05) is 0 Å². The van der Waals surface area contributed by atoms with Gasteiger partial charge < -0.3 is 0 Å². The average Bonchev–Trinajstić information content (AvgIpc) is 2.10. The van der Waals surface area contributed by atoms with Crippen LogP contribution in [0.15, 0.2) is 13.6 Å². The van der Waals surface area contributed by atoms with Crippen molar-refractivity contribution in [2.45, 2.75) is 13.3 Å². The summed E-state index contributed by atoms with van der Waals surface area (Å²) < 4.78 is 10.1. The van der Waals surface area contributed by atoms with Gasteiger partial charge in [-0.2, -0.15) is 0 Å². The molecule has 1 aromatic rings. The van der Waals surface area contributed by atoms with Crippen LogP contribution < -0.4 is 9.09 Å². The second kappa shape index (κ2) is 2.69. The Labute approximate surface area is 68.0 Å². The SMILES string of the molecule is CCc1oc(=O)o[c]1[Hg]. The third-order valence-electron chi connectivity index (χ3n) is 1.05. The molecule has 0 unspecified atom stereocenters. The molecule has 0 N–H and O–H groups in total. The maximum absolute atomic E-state index is 10.4. The monoisotopic (exact) mass is 315 g/mol. The van der Waals surface area contributed by atoms with Crippen molar-refractivity contribution in [3.8, 4) is 0 Å². The first-order valence-corrected chi connectivity index (χ1v) is 5.43. The molecule has 1 rings (SSSR count). The Morgan fingerprint density at radius 1 is 1.56 bits per heavy atom. The van der Waals surface area contributed by atoms with Crippen LogP contribution in [0.3, 0.4) is 0 Å². The molecule has 9 heavy (non-hydrogen) atoms. The summed E-state index contributed by atoms with van der Waals surface area (Å²) in [6.07, 6.45) is 0.755. The number of hydrogen-bond acceptors (Lipinski definition) is 3. The second-order valence-corrected chi connectivity index (χ2v) is 4.15. The van der Waals surface area contributed by atoms with Crippen LogP contribution in [0.2, 0.25) is 0 Å². The molecule has 0 saturated carbocycles. The molecule has 0 bridgehead atoms. The predicted octanol–water partition coefficient (Wildman–Crippen LogP) is -0.0327. The van der Waals surface area contributed by atoms with Gasteiger partial charge in [-0.1, -0.05) is 0 Å². The molecule has 1 heterocycles. The fourth-order valence-corrected chi connectivity index (χ4v) is 2.32. The number of rotatable bonds is 1.